The van der Waals surface area contributed by atoms with E-state index in [1.165, 1.54) is 10.9 Å². The van der Waals surface area contributed by atoms with Crippen molar-refractivity contribution in [3.63, 3.8) is 0 Å². The van der Waals surface area contributed by atoms with Gasteiger partial charge in [-0.15, -0.1) is 0 Å². The second kappa shape index (κ2) is 8.05. The number of nitrogens with one attached hydrogen (secondary N) is 2. The van der Waals surface area contributed by atoms with Gasteiger partial charge in [-0.05, 0) is 26.0 Å². The number of hydrogen-bond acceptors (Lipinski definition) is 4. The van der Waals surface area contributed by atoms with Crippen LogP contribution in [0.1, 0.15) is 34.8 Å². The SMILES string of the molecule is CCn1cc(NC(=O)c2c(Cl)cnn2CC)c(C(=O)Nc2ccccc2)n1. The second-order valence-electron chi connectivity index (χ2n) is 5.68. The molecule has 2 N–H and O–H groups in total. The van der Waals surface area contributed by atoms with E-state index in [0.29, 0.717) is 24.5 Å². The van der Waals surface area contributed by atoms with E-state index in [2.05, 4.69) is 20.8 Å². The summed E-state index contributed by atoms with van der Waals surface area (Å²) in [6.07, 6.45) is 3.02. The Morgan fingerprint density at radius 1 is 1.07 bits per heavy atom. The Bertz CT molecular complexity index is 964. The van der Waals surface area contributed by atoms with E-state index in [0.717, 1.165) is 0 Å². The zero-order valence-corrected chi connectivity index (χ0v) is 15.7. The number of anilines is 2. The van der Waals surface area contributed by atoms with Gasteiger partial charge >= 0.3 is 0 Å². The maximum Gasteiger partial charge on any atom is 0.278 e. The Kier molecular flexibility index (Phi) is 5.56. The first-order valence-corrected chi connectivity index (χ1v) is 8.87. The monoisotopic (exact) mass is 386 g/mol. The van der Waals surface area contributed by atoms with Crippen molar-refractivity contribution in [2.75, 3.05) is 10.6 Å². The molecule has 0 radical (unpaired) electrons. The molecule has 140 valence electrons. The molecule has 1 aromatic carbocycles. The van der Waals surface area contributed by atoms with Gasteiger partial charge in [0.15, 0.2) is 5.69 Å². The van der Waals surface area contributed by atoms with Crippen LogP contribution >= 0.6 is 11.6 Å². The average molecular weight is 387 g/mol. The minimum atomic E-state index is -0.455. The summed E-state index contributed by atoms with van der Waals surface area (Å²) in [6.45, 7) is 4.79. The van der Waals surface area contributed by atoms with Crippen LogP contribution in [0.2, 0.25) is 5.02 Å². The number of carbonyl (C=O) groups is 2. The number of benzene rings is 1. The van der Waals surface area contributed by atoms with Crippen LogP contribution in [0, 0.1) is 0 Å². The van der Waals surface area contributed by atoms with Crippen molar-refractivity contribution in [3.05, 3.63) is 59.1 Å². The molecule has 9 heteroatoms. The second-order valence-corrected chi connectivity index (χ2v) is 6.09. The topological polar surface area (TPSA) is 93.8 Å². The van der Waals surface area contributed by atoms with Gasteiger partial charge in [0, 0.05) is 25.0 Å². The normalized spacial score (nSPS) is 10.6. The van der Waals surface area contributed by atoms with Crippen LogP contribution in [0.4, 0.5) is 11.4 Å². The molecule has 0 bridgehead atoms. The first kappa shape index (κ1) is 18.7. The Labute approximate surface area is 161 Å². The van der Waals surface area contributed by atoms with Gasteiger partial charge in [0.25, 0.3) is 11.8 Å². The smallest absolute Gasteiger partial charge is 0.278 e. The fraction of sp³-hybridized carbons (Fsp3) is 0.222. The quantitative estimate of drug-likeness (QED) is 0.679. The number of rotatable bonds is 6. The number of hydrogen-bond donors (Lipinski definition) is 2. The minimum absolute atomic E-state index is 0.118. The largest absolute Gasteiger partial charge is 0.321 e. The fourth-order valence-corrected chi connectivity index (χ4v) is 2.79. The van der Waals surface area contributed by atoms with Gasteiger partial charge in [-0.1, -0.05) is 29.8 Å². The number of aromatic nitrogens is 4. The van der Waals surface area contributed by atoms with E-state index in [-0.39, 0.29) is 16.4 Å². The molecule has 0 spiro atoms. The van der Waals surface area contributed by atoms with Crippen molar-refractivity contribution >= 4 is 34.8 Å². The fourth-order valence-electron chi connectivity index (χ4n) is 2.56. The summed E-state index contributed by atoms with van der Waals surface area (Å²) in [7, 11) is 0. The highest BCUT2D eigenvalue weighted by molar-refractivity contribution is 6.34. The van der Waals surface area contributed by atoms with Crippen molar-refractivity contribution in [1.29, 1.82) is 0 Å². The lowest BCUT2D eigenvalue weighted by atomic mass is 10.3. The Morgan fingerprint density at radius 2 is 1.81 bits per heavy atom. The number of aryl methyl sites for hydroxylation is 2. The molecule has 2 aromatic heterocycles. The van der Waals surface area contributed by atoms with Gasteiger partial charge in [0.05, 0.1) is 16.9 Å². The predicted molar refractivity (Wildman–Crippen MR) is 103 cm³/mol. The summed E-state index contributed by atoms with van der Waals surface area (Å²) in [5, 5.41) is 14.0. The highest BCUT2D eigenvalue weighted by atomic mass is 35.5. The van der Waals surface area contributed by atoms with Gasteiger partial charge < -0.3 is 10.6 Å². The Hall–Kier alpha value is -3.13. The standard InChI is InChI=1S/C18H19ClN6O2/c1-3-24-11-14(22-18(27)16-13(19)10-20-25(16)4-2)15(23-24)17(26)21-12-8-6-5-7-9-12/h5-11H,3-4H2,1-2H3,(H,21,26)(H,22,27). The molecule has 0 fully saturated rings. The molecule has 3 aromatic rings. The van der Waals surface area contributed by atoms with Crippen LogP contribution in [-0.4, -0.2) is 31.4 Å². The highest BCUT2D eigenvalue weighted by Gasteiger charge is 2.22. The number of carbonyl (C=O) groups excluding carboxylic acids is 2. The van der Waals surface area contributed by atoms with E-state index >= 15 is 0 Å². The van der Waals surface area contributed by atoms with Gasteiger partial charge in [-0.3, -0.25) is 19.0 Å². The molecule has 0 unspecified atom stereocenters. The maximum atomic E-state index is 12.7. The molecule has 8 nitrogen and oxygen atoms in total. The first-order valence-electron chi connectivity index (χ1n) is 8.50. The lowest BCUT2D eigenvalue weighted by Gasteiger charge is -2.08. The molecular weight excluding hydrogens is 368 g/mol. The minimum Gasteiger partial charge on any atom is -0.321 e. The Morgan fingerprint density at radius 3 is 2.48 bits per heavy atom. The van der Waals surface area contributed by atoms with Crippen LogP contribution in [0.3, 0.4) is 0 Å². The van der Waals surface area contributed by atoms with E-state index in [4.69, 9.17) is 11.6 Å². The van der Waals surface area contributed by atoms with Crippen molar-refractivity contribution in [3.8, 4) is 0 Å². The third kappa shape index (κ3) is 4.01. The molecule has 0 saturated carbocycles. The lowest BCUT2D eigenvalue weighted by Crippen LogP contribution is -2.20. The maximum absolute atomic E-state index is 12.7. The molecule has 2 amide bonds. The van der Waals surface area contributed by atoms with E-state index in [9.17, 15) is 9.59 Å². The third-order valence-corrected chi connectivity index (χ3v) is 4.17. The molecule has 0 aliphatic carbocycles. The Balaban J connectivity index is 1.87. The molecule has 0 aliphatic rings. The lowest BCUT2D eigenvalue weighted by molar-refractivity contribution is 0.101. The molecule has 0 aliphatic heterocycles. The molecule has 3 rings (SSSR count). The van der Waals surface area contributed by atoms with Gasteiger partial charge in [0.1, 0.15) is 5.69 Å². The molecule has 2 heterocycles. The number of amides is 2. The van der Waals surface area contributed by atoms with Crippen molar-refractivity contribution in [2.45, 2.75) is 26.9 Å². The van der Waals surface area contributed by atoms with E-state index in [1.54, 1.807) is 23.0 Å². The highest BCUT2D eigenvalue weighted by Crippen LogP contribution is 2.20. The molecular formula is C18H19ClN6O2. The predicted octanol–water partition coefficient (Wildman–Crippen LogP) is 3.28. The summed E-state index contributed by atoms with van der Waals surface area (Å²) in [5.74, 6) is -0.873. The van der Waals surface area contributed by atoms with Gasteiger partial charge in [-0.2, -0.15) is 10.2 Å². The third-order valence-electron chi connectivity index (χ3n) is 3.89. The van der Waals surface area contributed by atoms with Crippen LogP contribution in [0.5, 0.6) is 0 Å². The first-order chi connectivity index (χ1) is 13.0. The summed E-state index contributed by atoms with van der Waals surface area (Å²) in [6, 6.07) is 9.03. The molecule has 27 heavy (non-hydrogen) atoms. The van der Waals surface area contributed by atoms with E-state index < -0.39 is 11.8 Å². The molecule has 0 saturated heterocycles. The summed E-state index contributed by atoms with van der Waals surface area (Å²) in [4.78, 5) is 25.3. The van der Waals surface area contributed by atoms with Crippen molar-refractivity contribution in [1.82, 2.24) is 19.6 Å². The van der Waals surface area contributed by atoms with Gasteiger partial charge in [-0.25, -0.2) is 0 Å². The van der Waals surface area contributed by atoms with Crippen molar-refractivity contribution in [2.24, 2.45) is 0 Å². The number of para-hydroxylation sites is 1. The summed E-state index contributed by atoms with van der Waals surface area (Å²) in [5.41, 5.74) is 1.29. The van der Waals surface area contributed by atoms with Crippen LogP contribution < -0.4 is 10.6 Å². The summed E-state index contributed by atoms with van der Waals surface area (Å²) < 4.78 is 3.07. The van der Waals surface area contributed by atoms with Crippen LogP contribution in [0.25, 0.3) is 0 Å². The van der Waals surface area contributed by atoms with Gasteiger partial charge in [0.2, 0.25) is 0 Å². The zero-order chi connectivity index (χ0) is 19.4. The van der Waals surface area contributed by atoms with E-state index in [1.807, 2.05) is 32.0 Å². The van der Waals surface area contributed by atoms with Crippen molar-refractivity contribution < 1.29 is 9.59 Å². The summed E-state index contributed by atoms with van der Waals surface area (Å²) >= 11 is 6.08. The van der Waals surface area contributed by atoms with Crippen LogP contribution in [-0.2, 0) is 13.1 Å². The number of halogens is 1. The van der Waals surface area contributed by atoms with Crippen LogP contribution in [0.15, 0.2) is 42.7 Å². The number of nitrogens with zero attached hydrogens (tertiary/aromatic N) is 4. The molecule has 0 atom stereocenters. The average Bonchev–Trinajstić information content (AvgIpc) is 3.25. The zero-order valence-electron chi connectivity index (χ0n) is 14.9.